The highest BCUT2D eigenvalue weighted by Gasteiger charge is 2.35. The lowest BCUT2D eigenvalue weighted by Gasteiger charge is -2.27. The van der Waals surface area contributed by atoms with Crippen LogP contribution in [0.5, 0.6) is 0 Å². The predicted octanol–water partition coefficient (Wildman–Crippen LogP) is 6.31. The predicted molar refractivity (Wildman–Crippen MR) is 124 cm³/mol. The summed E-state index contributed by atoms with van der Waals surface area (Å²) in [6.07, 6.45) is 4.69. The first-order chi connectivity index (χ1) is 12.7. The van der Waals surface area contributed by atoms with Gasteiger partial charge in [0, 0.05) is 23.5 Å². The number of nitrogens with one attached hydrogen (secondary N) is 1. The first-order valence-electron chi connectivity index (χ1n) is 9.61. The minimum Gasteiger partial charge on any atom is -0.387 e. The molecule has 1 aliphatic carbocycles. The van der Waals surface area contributed by atoms with Gasteiger partial charge in [0.05, 0.1) is 5.69 Å². The van der Waals surface area contributed by atoms with Crippen molar-refractivity contribution in [1.29, 1.82) is 0 Å². The zero-order chi connectivity index (χ0) is 18.1. The van der Waals surface area contributed by atoms with E-state index in [9.17, 15) is 0 Å². The molecule has 152 valence electrons. The van der Waals surface area contributed by atoms with E-state index in [0.29, 0.717) is 11.8 Å². The van der Waals surface area contributed by atoms with Gasteiger partial charge in [-0.2, -0.15) is 0 Å². The standard InChI is InChI=1S/C22H26ClN3.2ClH/c1-2-20(25-13-14-5-3-6-16(23)11-14)15-9-10-18-17-7-4-8-19(17)22(24)26-21(18)12-15;;/h3,5-6,9-12,17,19-20,25H,2,4,7-8,13H2,1H3,(H2,24,26);2*1H. The molecule has 3 unspecified atom stereocenters. The van der Waals surface area contributed by atoms with E-state index in [2.05, 4.69) is 36.5 Å². The summed E-state index contributed by atoms with van der Waals surface area (Å²) in [6.45, 7) is 3.01. The van der Waals surface area contributed by atoms with Crippen LogP contribution in [0.4, 0.5) is 5.69 Å². The Kier molecular flexibility index (Phi) is 8.20. The molecule has 0 radical (unpaired) electrons. The van der Waals surface area contributed by atoms with Crippen LogP contribution in [0, 0.1) is 5.92 Å². The van der Waals surface area contributed by atoms with Crippen molar-refractivity contribution in [1.82, 2.24) is 5.32 Å². The molecule has 1 aliphatic heterocycles. The highest BCUT2D eigenvalue weighted by Crippen LogP contribution is 2.47. The number of nitrogens with two attached hydrogens (primary N) is 1. The van der Waals surface area contributed by atoms with E-state index in [1.165, 1.54) is 36.0 Å². The third-order valence-electron chi connectivity index (χ3n) is 5.85. The molecule has 0 amide bonds. The van der Waals surface area contributed by atoms with Crippen LogP contribution in [0.2, 0.25) is 5.02 Å². The van der Waals surface area contributed by atoms with Gasteiger partial charge in [0.2, 0.25) is 0 Å². The number of amidine groups is 1. The molecule has 2 aliphatic rings. The molecule has 1 heterocycles. The maximum Gasteiger partial charge on any atom is 0.103 e. The zero-order valence-electron chi connectivity index (χ0n) is 16.0. The Hall–Kier alpha value is -1.26. The van der Waals surface area contributed by atoms with Crippen molar-refractivity contribution in [2.45, 2.75) is 51.1 Å². The van der Waals surface area contributed by atoms with Crippen LogP contribution < -0.4 is 11.1 Å². The second-order valence-electron chi connectivity index (χ2n) is 7.47. The molecule has 0 saturated heterocycles. The molecule has 2 aromatic rings. The fourth-order valence-corrected chi connectivity index (χ4v) is 4.69. The van der Waals surface area contributed by atoms with Crippen LogP contribution in [0.1, 0.15) is 61.3 Å². The molecule has 4 rings (SSSR count). The average Bonchev–Trinajstić information content (AvgIpc) is 3.13. The van der Waals surface area contributed by atoms with Crippen LogP contribution in [0.15, 0.2) is 47.5 Å². The smallest absolute Gasteiger partial charge is 0.103 e. The molecule has 3 atom stereocenters. The molecule has 6 heteroatoms. The molecule has 3 nitrogen and oxygen atoms in total. The molecular formula is C22H28Cl3N3. The van der Waals surface area contributed by atoms with Gasteiger partial charge in [-0.05, 0) is 60.1 Å². The van der Waals surface area contributed by atoms with Gasteiger partial charge in [0.1, 0.15) is 5.84 Å². The molecule has 1 fully saturated rings. The number of nitrogens with zero attached hydrogens (tertiary/aromatic N) is 1. The summed E-state index contributed by atoms with van der Waals surface area (Å²) in [5, 5.41) is 4.43. The van der Waals surface area contributed by atoms with Crippen molar-refractivity contribution >= 4 is 47.9 Å². The van der Waals surface area contributed by atoms with Crippen LogP contribution in [-0.2, 0) is 6.54 Å². The maximum absolute atomic E-state index is 6.26. The normalized spacial score (nSPS) is 20.9. The van der Waals surface area contributed by atoms with Crippen molar-refractivity contribution in [3.8, 4) is 0 Å². The molecule has 2 aromatic carbocycles. The van der Waals surface area contributed by atoms with Gasteiger partial charge in [-0.15, -0.1) is 24.8 Å². The summed E-state index contributed by atoms with van der Waals surface area (Å²) >= 11 is 6.09. The second kappa shape index (κ2) is 9.98. The van der Waals surface area contributed by atoms with E-state index < -0.39 is 0 Å². The fraction of sp³-hybridized carbons (Fsp3) is 0.409. The summed E-state index contributed by atoms with van der Waals surface area (Å²) in [4.78, 5) is 4.74. The number of halogens is 3. The van der Waals surface area contributed by atoms with E-state index in [1.54, 1.807) is 0 Å². The Labute approximate surface area is 185 Å². The van der Waals surface area contributed by atoms with Crippen molar-refractivity contribution in [3.05, 3.63) is 64.2 Å². The van der Waals surface area contributed by atoms with Crippen LogP contribution >= 0.6 is 36.4 Å². The van der Waals surface area contributed by atoms with Gasteiger partial charge in [0.15, 0.2) is 0 Å². The third-order valence-corrected chi connectivity index (χ3v) is 6.09. The largest absolute Gasteiger partial charge is 0.387 e. The summed E-state index contributed by atoms with van der Waals surface area (Å²) < 4.78 is 0. The highest BCUT2D eigenvalue weighted by molar-refractivity contribution is 6.30. The number of rotatable bonds is 5. The quantitative estimate of drug-likeness (QED) is 0.572. The molecule has 28 heavy (non-hydrogen) atoms. The van der Waals surface area contributed by atoms with Gasteiger partial charge >= 0.3 is 0 Å². The van der Waals surface area contributed by atoms with E-state index in [0.717, 1.165) is 29.5 Å². The molecule has 0 aromatic heterocycles. The van der Waals surface area contributed by atoms with Gasteiger partial charge in [-0.25, -0.2) is 4.99 Å². The van der Waals surface area contributed by atoms with Crippen LogP contribution in [0.25, 0.3) is 0 Å². The minimum atomic E-state index is 0. The molecular weight excluding hydrogens is 413 g/mol. The van der Waals surface area contributed by atoms with Crippen molar-refractivity contribution in [3.63, 3.8) is 0 Å². The van der Waals surface area contributed by atoms with Crippen LogP contribution in [-0.4, -0.2) is 5.84 Å². The number of benzene rings is 2. The lowest BCUT2D eigenvalue weighted by Crippen LogP contribution is -2.28. The number of aliphatic imine (C=N–C) groups is 1. The Bertz CT molecular complexity index is 838. The van der Waals surface area contributed by atoms with E-state index >= 15 is 0 Å². The van der Waals surface area contributed by atoms with Crippen molar-refractivity contribution in [2.75, 3.05) is 0 Å². The van der Waals surface area contributed by atoms with E-state index in [-0.39, 0.29) is 30.9 Å². The zero-order valence-corrected chi connectivity index (χ0v) is 18.4. The molecule has 1 saturated carbocycles. The topological polar surface area (TPSA) is 50.4 Å². The second-order valence-corrected chi connectivity index (χ2v) is 7.91. The molecule has 0 spiro atoms. The van der Waals surface area contributed by atoms with Crippen molar-refractivity contribution < 1.29 is 0 Å². The molecule has 0 bridgehead atoms. The minimum absolute atomic E-state index is 0. The monoisotopic (exact) mass is 439 g/mol. The number of hydrogen-bond acceptors (Lipinski definition) is 3. The fourth-order valence-electron chi connectivity index (χ4n) is 4.48. The van der Waals surface area contributed by atoms with Gasteiger partial charge < -0.3 is 11.1 Å². The van der Waals surface area contributed by atoms with Gasteiger partial charge in [0.25, 0.3) is 0 Å². The summed E-state index contributed by atoms with van der Waals surface area (Å²) in [5.74, 6) is 1.85. The van der Waals surface area contributed by atoms with Gasteiger partial charge in [-0.1, -0.05) is 49.2 Å². The lowest BCUT2D eigenvalue weighted by atomic mass is 9.84. The highest BCUT2D eigenvalue weighted by atomic mass is 35.5. The summed E-state index contributed by atoms with van der Waals surface area (Å²) in [5.41, 5.74) is 11.2. The first-order valence-corrected chi connectivity index (χ1v) is 9.99. The van der Waals surface area contributed by atoms with Gasteiger partial charge in [-0.3, -0.25) is 0 Å². The van der Waals surface area contributed by atoms with Crippen LogP contribution in [0.3, 0.4) is 0 Å². The third kappa shape index (κ3) is 4.65. The molecule has 3 N–H and O–H groups in total. The maximum atomic E-state index is 6.26. The Balaban J connectivity index is 0.00000140. The number of fused-ring (bicyclic) bond motifs is 3. The first kappa shape index (κ1) is 23.0. The summed E-state index contributed by atoms with van der Waals surface area (Å²) in [6, 6.07) is 15.1. The lowest BCUT2D eigenvalue weighted by molar-refractivity contribution is 0.518. The SMILES string of the molecule is CCC(NCc1cccc(Cl)c1)c1ccc2c(c1)N=C(N)C1CCCC21.Cl.Cl. The number of hydrogen-bond donors (Lipinski definition) is 2. The Morgan fingerprint density at radius 2 is 1.93 bits per heavy atom. The van der Waals surface area contributed by atoms with E-state index in [1.807, 2.05) is 18.2 Å². The summed E-state index contributed by atoms with van der Waals surface area (Å²) in [7, 11) is 0. The van der Waals surface area contributed by atoms with E-state index in [4.69, 9.17) is 22.3 Å². The van der Waals surface area contributed by atoms with Crippen molar-refractivity contribution in [2.24, 2.45) is 16.6 Å². The average molecular weight is 441 g/mol. The Morgan fingerprint density at radius 1 is 1.14 bits per heavy atom. The Morgan fingerprint density at radius 3 is 2.68 bits per heavy atom.